The van der Waals surface area contributed by atoms with Crippen LogP contribution >= 0.6 is 11.3 Å². The van der Waals surface area contributed by atoms with Crippen LogP contribution in [-0.4, -0.2) is 14.0 Å². The Bertz CT molecular complexity index is 787. The number of hydrogen-bond donors (Lipinski definition) is 0. The molecule has 0 bridgehead atoms. The van der Waals surface area contributed by atoms with Crippen molar-refractivity contribution in [3.05, 3.63) is 57.7 Å². The van der Waals surface area contributed by atoms with Crippen LogP contribution in [-0.2, 0) is 12.7 Å². The van der Waals surface area contributed by atoms with Crippen LogP contribution in [0.1, 0.15) is 11.3 Å². The van der Waals surface area contributed by atoms with Gasteiger partial charge in [0.2, 0.25) is 0 Å². The van der Waals surface area contributed by atoms with Gasteiger partial charge in [-0.3, -0.25) is 9.20 Å². The Morgan fingerprint density at radius 3 is 2.75 bits per heavy atom. The predicted molar refractivity (Wildman–Crippen MR) is 67.9 cm³/mol. The molecule has 4 nitrogen and oxygen atoms in total. The molecule has 3 rings (SSSR count). The molecule has 3 aromatic heterocycles. The van der Waals surface area contributed by atoms with E-state index in [1.807, 2.05) is 5.38 Å². The van der Waals surface area contributed by atoms with Gasteiger partial charge in [0.1, 0.15) is 0 Å². The lowest BCUT2D eigenvalue weighted by Crippen LogP contribution is -2.22. The number of alkyl halides is 3. The van der Waals surface area contributed by atoms with Crippen molar-refractivity contribution in [1.29, 1.82) is 0 Å². The van der Waals surface area contributed by atoms with E-state index in [1.165, 1.54) is 11.3 Å². The van der Waals surface area contributed by atoms with Crippen LogP contribution in [0.2, 0.25) is 0 Å². The van der Waals surface area contributed by atoms with Crippen LogP contribution in [0, 0.1) is 0 Å². The van der Waals surface area contributed by atoms with Gasteiger partial charge in [-0.05, 0) is 6.07 Å². The van der Waals surface area contributed by atoms with Crippen molar-refractivity contribution in [3.63, 3.8) is 0 Å². The molecule has 0 aliphatic carbocycles. The molecule has 0 fully saturated rings. The molecule has 0 aliphatic rings. The van der Waals surface area contributed by atoms with E-state index in [9.17, 15) is 18.0 Å². The molecule has 0 unspecified atom stereocenters. The third-order valence-corrected chi connectivity index (χ3v) is 3.56. The summed E-state index contributed by atoms with van der Waals surface area (Å²) >= 11 is 1.41. The summed E-state index contributed by atoms with van der Waals surface area (Å²) in [7, 11) is 0. The molecule has 0 aliphatic heterocycles. The van der Waals surface area contributed by atoms with Crippen LogP contribution in [0.4, 0.5) is 13.2 Å². The lowest BCUT2D eigenvalue weighted by molar-refractivity contribution is -0.138. The number of thiazole rings is 1. The molecule has 0 atom stereocenters. The molecule has 0 spiro atoms. The third-order valence-electron chi connectivity index (χ3n) is 2.79. The summed E-state index contributed by atoms with van der Waals surface area (Å²) in [5.74, 6) is 0. The van der Waals surface area contributed by atoms with Gasteiger partial charge >= 0.3 is 6.18 Å². The van der Waals surface area contributed by atoms with Gasteiger partial charge in [0.05, 0.1) is 17.8 Å². The van der Waals surface area contributed by atoms with E-state index in [4.69, 9.17) is 0 Å². The fourth-order valence-corrected chi connectivity index (χ4v) is 2.57. The minimum atomic E-state index is -4.47. The molecule has 104 valence electrons. The maximum Gasteiger partial charge on any atom is 0.417 e. The quantitative estimate of drug-likeness (QED) is 0.729. The highest BCUT2D eigenvalue weighted by molar-refractivity contribution is 7.15. The predicted octanol–water partition coefficient (Wildman–Crippen LogP) is 2.62. The van der Waals surface area contributed by atoms with Crippen LogP contribution < -0.4 is 5.56 Å². The molecule has 20 heavy (non-hydrogen) atoms. The molecule has 8 heteroatoms. The molecular formula is C12H8F3N3OS. The number of nitrogens with zero attached hydrogens (tertiary/aromatic N) is 3. The van der Waals surface area contributed by atoms with E-state index in [0.29, 0.717) is 5.69 Å². The number of imidazole rings is 1. The summed E-state index contributed by atoms with van der Waals surface area (Å²) < 4.78 is 40.6. The highest BCUT2D eigenvalue weighted by atomic mass is 32.1. The van der Waals surface area contributed by atoms with Crippen molar-refractivity contribution < 1.29 is 13.2 Å². The summed E-state index contributed by atoms with van der Waals surface area (Å²) in [4.78, 5) is 16.6. The van der Waals surface area contributed by atoms with Crippen LogP contribution in [0.5, 0.6) is 0 Å². The topological polar surface area (TPSA) is 39.3 Å². The lowest BCUT2D eigenvalue weighted by Gasteiger charge is -2.09. The highest BCUT2D eigenvalue weighted by Crippen LogP contribution is 2.28. The van der Waals surface area contributed by atoms with E-state index in [-0.39, 0.29) is 6.54 Å². The largest absolute Gasteiger partial charge is 0.417 e. The Balaban J connectivity index is 1.97. The Morgan fingerprint density at radius 2 is 2.05 bits per heavy atom. The van der Waals surface area contributed by atoms with Gasteiger partial charge in [0.25, 0.3) is 5.56 Å². The maximum absolute atomic E-state index is 12.6. The summed E-state index contributed by atoms with van der Waals surface area (Å²) in [6.45, 7) is 0.0111. The summed E-state index contributed by atoms with van der Waals surface area (Å²) in [5.41, 5.74) is -0.800. The fourth-order valence-electron chi connectivity index (χ4n) is 1.85. The third kappa shape index (κ3) is 2.34. The first-order valence-corrected chi connectivity index (χ1v) is 6.50. The van der Waals surface area contributed by atoms with Gasteiger partial charge in [-0.25, -0.2) is 4.98 Å². The van der Waals surface area contributed by atoms with Gasteiger partial charge in [0, 0.05) is 30.0 Å². The van der Waals surface area contributed by atoms with Gasteiger partial charge in [-0.2, -0.15) is 13.2 Å². The summed E-state index contributed by atoms with van der Waals surface area (Å²) in [5, 5.41) is 1.85. The number of pyridine rings is 1. The second kappa shape index (κ2) is 4.48. The van der Waals surface area contributed by atoms with E-state index < -0.39 is 17.3 Å². The molecule has 0 N–H and O–H groups in total. The minimum absolute atomic E-state index is 0.0111. The van der Waals surface area contributed by atoms with E-state index in [0.717, 1.165) is 27.9 Å². The zero-order valence-electron chi connectivity index (χ0n) is 9.96. The van der Waals surface area contributed by atoms with Crippen molar-refractivity contribution in [3.8, 4) is 0 Å². The van der Waals surface area contributed by atoms with E-state index in [1.54, 1.807) is 16.8 Å². The van der Waals surface area contributed by atoms with Crippen molar-refractivity contribution in [2.45, 2.75) is 12.7 Å². The first-order valence-electron chi connectivity index (χ1n) is 5.62. The smallest absolute Gasteiger partial charge is 0.309 e. The lowest BCUT2D eigenvalue weighted by atomic mass is 10.2. The molecule has 0 saturated carbocycles. The molecule has 0 aromatic carbocycles. The SMILES string of the molecule is O=c1ccc(C(F)(F)F)cn1Cc1cn2ccsc2n1. The van der Waals surface area contributed by atoms with Crippen LogP contribution in [0.3, 0.4) is 0 Å². The van der Waals surface area contributed by atoms with Gasteiger partial charge < -0.3 is 4.57 Å². The van der Waals surface area contributed by atoms with Gasteiger partial charge in [-0.1, -0.05) is 0 Å². The first-order chi connectivity index (χ1) is 9.43. The zero-order chi connectivity index (χ0) is 14.3. The highest BCUT2D eigenvalue weighted by Gasteiger charge is 2.31. The first kappa shape index (κ1) is 12.9. The second-order valence-corrected chi connectivity index (χ2v) is 5.08. The van der Waals surface area contributed by atoms with Gasteiger partial charge in [0.15, 0.2) is 4.96 Å². The normalized spacial score (nSPS) is 12.2. The zero-order valence-corrected chi connectivity index (χ0v) is 10.8. The molecule has 3 aromatic rings. The molecule has 0 amide bonds. The molecule has 0 saturated heterocycles. The fraction of sp³-hybridized carbons (Fsp3) is 0.167. The Kier molecular flexibility index (Phi) is 2.89. The number of hydrogen-bond acceptors (Lipinski definition) is 3. The number of halogens is 3. The number of aromatic nitrogens is 3. The minimum Gasteiger partial charge on any atom is -0.309 e. The van der Waals surface area contributed by atoms with Crippen LogP contribution in [0.15, 0.2) is 40.9 Å². The number of rotatable bonds is 2. The van der Waals surface area contributed by atoms with E-state index >= 15 is 0 Å². The Morgan fingerprint density at radius 1 is 1.25 bits per heavy atom. The van der Waals surface area contributed by atoms with Crippen LogP contribution in [0.25, 0.3) is 4.96 Å². The maximum atomic E-state index is 12.6. The van der Waals surface area contributed by atoms with Crippen molar-refractivity contribution in [2.24, 2.45) is 0 Å². The summed E-state index contributed by atoms with van der Waals surface area (Å²) in [6, 6.07) is 1.70. The average molecular weight is 299 g/mol. The Hall–Kier alpha value is -2.09. The average Bonchev–Trinajstić information content (AvgIpc) is 2.91. The molecule has 3 heterocycles. The number of fused-ring (bicyclic) bond motifs is 1. The second-order valence-electron chi connectivity index (χ2n) is 4.21. The van der Waals surface area contributed by atoms with E-state index in [2.05, 4.69) is 4.98 Å². The Labute approximate surface area is 114 Å². The standard InChI is InChI=1S/C12H8F3N3OS/c13-12(14,15)8-1-2-10(19)18(5-8)7-9-6-17-3-4-20-11(17)16-9/h1-6H,7H2. The molecular weight excluding hydrogens is 291 g/mol. The van der Waals surface area contributed by atoms with Crippen molar-refractivity contribution in [1.82, 2.24) is 14.0 Å². The van der Waals surface area contributed by atoms with Gasteiger partial charge in [-0.15, -0.1) is 11.3 Å². The van der Waals surface area contributed by atoms with Crippen molar-refractivity contribution in [2.75, 3.05) is 0 Å². The molecule has 0 radical (unpaired) electrons. The summed E-state index contributed by atoms with van der Waals surface area (Å²) in [6.07, 6.45) is -0.163. The van der Waals surface area contributed by atoms with Crippen molar-refractivity contribution >= 4 is 16.3 Å². The monoisotopic (exact) mass is 299 g/mol.